The van der Waals surface area contributed by atoms with E-state index in [4.69, 9.17) is 9.47 Å². The summed E-state index contributed by atoms with van der Waals surface area (Å²) in [5.41, 5.74) is 3.52. The molecule has 0 saturated carbocycles. The molecule has 0 amide bonds. The molecule has 0 unspecified atom stereocenters. The van der Waals surface area contributed by atoms with E-state index >= 15 is 0 Å². The van der Waals surface area contributed by atoms with Crippen LogP contribution in [0.5, 0.6) is 11.5 Å². The second kappa shape index (κ2) is 9.80. The minimum absolute atomic E-state index is 0. The maximum absolute atomic E-state index is 11.0. The number of benzene rings is 3. The molecule has 3 aromatic carbocycles. The van der Waals surface area contributed by atoms with Crippen molar-refractivity contribution in [2.75, 3.05) is 6.79 Å². The summed E-state index contributed by atoms with van der Waals surface area (Å²) < 4.78 is 12.7. The quantitative estimate of drug-likeness (QED) is 0.199. The lowest BCUT2D eigenvalue weighted by Crippen LogP contribution is -2.13. The predicted molar refractivity (Wildman–Crippen MR) is 132 cm³/mol. The van der Waals surface area contributed by atoms with E-state index in [2.05, 4.69) is 10.2 Å². The number of thiazole rings is 1. The van der Waals surface area contributed by atoms with Crippen molar-refractivity contribution in [1.29, 1.82) is 0 Å². The standard InChI is InChI=1S/C23H16N4O4S.BrH/c28-27(29)19-9-7-17(8-10-19)20-14-32-23(26(20)18-4-2-1-3-5-18)25-24-13-16-6-11-21-22(12-16)31-15-30-21;/h1-14H,15H2;1H/b24-13+,25-23-;. The molecule has 0 fully saturated rings. The number of ether oxygens (including phenoxy) is 2. The second-order valence-corrected chi connectivity index (χ2v) is 7.67. The van der Waals surface area contributed by atoms with Gasteiger partial charge in [0.1, 0.15) is 0 Å². The lowest BCUT2D eigenvalue weighted by Gasteiger charge is -2.08. The van der Waals surface area contributed by atoms with Gasteiger partial charge in [-0.25, -0.2) is 0 Å². The van der Waals surface area contributed by atoms with Crippen molar-refractivity contribution in [3.05, 3.63) is 98.7 Å². The number of rotatable bonds is 5. The molecule has 5 rings (SSSR count). The van der Waals surface area contributed by atoms with Crippen LogP contribution in [-0.4, -0.2) is 22.5 Å². The van der Waals surface area contributed by atoms with E-state index in [1.54, 1.807) is 18.3 Å². The first-order valence-electron chi connectivity index (χ1n) is 9.66. The van der Waals surface area contributed by atoms with E-state index in [1.807, 2.05) is 58.5 Å². The van der Waals surface area contributed by atoms with Gasteiger partial charge in [0.25, 0.3) is 5.69 Å². The molecule has 1 aliphatic heterocycles. The largest absolute Gasteiger partial charge is 0.454 e. The molecule has 0 radical (unpaired) electrons. The zero-order valence-corrected chi connectivity index (χ0v) is 19.6. The number of nitrogens with zero attached hydrogens (tertiary/aromatic N) is 4. The predicted octanol–water partition coefficient (Wildman–Crippen LogP) is 5.36. The van der Waals surface area contributed by atoms with Crippen LogP contribution in [0, 0.1) is 10.1 Å². The van der Waals surface area contributed by atoms with Crippen LogP contribution >= 0.6 is 28.3 Å². The Morgan fingerprint density at radius 2 is 1.76 bits per heavy atom. The molecule has 2 heterocycles. The fourth-order valence-corrected chi connectivity index (χ4v) is 4.16. The van der Waals surface area contributed by atoms with Crippen molar-refractivity contribution in [2.45, 2.75) is 0 Å². The Balaban J connectivity index is 0.00000259. The Morgan fingerprint density at radius 1 is 1.00 bits per heavy atom. The van der Waals surface area contributed by atoms with Gasteiger partial charge in [-0.1, -0.05) is 18.2 Å². The van der Waals surface area contributed by atoms with Gasteiger partial charge in [0.2, 0.25) is 11.6 Å². The fraction of sp³-hybridized carbons (Fsp3) is 0.0435. The molecule has 33 heavy (non-hydrogen) atoms. The van der Waals surface area contributed by atoms with Crippen LogP contribution in [-0.2, 0) is 0 Å². The normalized spacial score (nSPS) is 12.7. The Hall–Kier alpha value is -3.76. The summed E-state index contributed by atoms with van der Waals surface area (Å²) in [6.45, 7) is 0.220. The average molecular weight is 525 g/mol. The summed E-state index contributed by atoms with van der Waals surface area (Å²) in [5.74, 6) is 1.40. The summed E-state index contributed by atoms with van der Waals surface area (Å²) in [6.07, 6.45) is 1.66. The van der Waals surface area contributed by atoms with Crippen LogP contribution in [0.3, 0.4) is 0 Å². The smallest absolute Gasteiger partial charge is 0.269 e. The summed E-state index contributed by atoms with van der Waals surface area (Å²) in [7, 11) is 0. The highest BCUT2D eigenvalue weighted by Crippen LogP contribution is 2.32. The number of halogens is 1. The first-order chi connectivity index (χ1) is 15.7. The van der Waals surface area contributed by atoms with E-state index in [0.29, 0.717) is 16.3 Å². The minimum atomic E-state index is -0.408. The maximum atomic E-state index is 11.0. The summed E-state index contributed by atoms with van der Waals surface area (Å²) in [5, 5.41) is 21.7. The monoisotopic (exact) mass is 524 g/mol. The molecule has 0 atom stereocenters. The number of hydrogen-bond acceptors (Lipinski definition) is 7. The van der Waals surface area contributed by atoms with Gasteiger partial charge >= 0.3 is 0 Å². The third kappa shape index (κ3) is 4.71. The first-order valence-corrected chi connectivity index (χ1v) is 10.5. The van der Waals surface area contributed by atoms with Crippen molar-refractivity contribution in [2.24, 2.45) is 10.2 Å². The average Bonchev–Trinajstić information content (AvgIpc) is 3.46. The van der Waals surface area contributed by atoms with Crippen LogP contribution in [0.1, 0.15) is 5.56 Å². The molecule has 0 N–H and O–H groups in total. The Kier molecular flexibility index (Phi) is 6.66. The second-order valence-electron chi connectivity index (χ2n) is 6.84. The molecular formula is C23H17BrN4O4S. The van der Waals surface area contributed by atoms with Crippen LogP contribution in [0.25, 0.3) is 16.9 Å². The Morgan fingerprint density at radius 3 is 2.52 bits per heavy atom. The van der Waals surface area contributed by atoms with Crippen molar-refractivity contribution < 1.29 is 14.4 Å². The number of nitro groups is 1. The molecule has 1 aliphatic rings. The van der Waals surface area contributed by atoms with E-state index in [0.717, 1.165) is 22.5 Å². The van der Waals surface area contributed by atoms with Gasteiger partial charge in [-0.3, -0.25) is 14.7 Å². The molecule has 166 valence electrons. The van der Waals surface area contributed by atoms with Gasteiger partial charge in [0.15, 0.2) is 11.5 Å². The third-order valence-corrected chi connectivity index (χ3v) is 5.66. The van der Waals surface area contributed by atoms with Gasteiger partial charge in [-0.2, -0.15) is 5.10 Å². The zero-order chi connectivity index (χ0) is 21.9. The maximum Gasteiger partial charge on any atom is 0.269 e. The minimum Gasteiger partial charge on any atom is -0.454 e. The molecule has 0 spiro atoms. The highest BCUT2D eigenvalue weighted by molar-refractivity contribution is 8.93. The van der Waals surface area contributed by atoms with Crippen LogP contribution in [0.2, 0.25) is 0 Å². The number of nitro benzene ring substituents is 1. The number of non-ortho nitro benzene ring substituents is 1. The fourth-order valence-electron chi connectivity index (χ4n) is 3.30. The topological polar surface area (TPSA) is 91.2 Å². The summed E-state index contributed by atoms with van der Waals surface area (Å²) >= 11 is 1.44. The number of aromatic nitrogens is 1. The molecule has 10 heteroatoms. The van der Waals surface area contributed by atoms with E-state index in [9.17, 15) is 10.1 Å². The molecule has 8 nitrogen and oxygen atoms in total. The summed E-state index contributed by atoms with van der Waals surface area (Å²) in [4.78, 5) is 11.3. The third-order valence-electron chi connectivity index (χ3n) is 4.84. The van der Waals surface area contributed by atoms with Gasteiger partial charge in [-0.15, -0.1) is 33.4 Å². The SMILES string of the molecule is Br.O=[N+]([O-])c1ccc(-c2cs/c(=N\N=C\c3ccc4c(c3)OCO4)n2-c2ccccc2)cc1. The van der Waals surface area contributed by atoms with Gasteiger partial charge < -0.3 is 9.47 Å². The first kappa shape index (κ1) is 22.4. The van der Waals surface area contributed by atoms with E-state index in [1.165, 1.54) is 23.5 Å². The zero-order valence-electron chi connectivity index (χ0n) is 17.0. The lowest BCUT2D eigenvalue weighted by atomic mass is 10.1. The lowest BCUT2D eigenvalue weighted by molar-refractivity contribution is -0.384. The van der Waals surface area contributed by atoms with Crippen molar-refractivity contribution in [1.82, 2.24) is 4.57 Å². The van der Waals surface area contributed by atoms with E-state index in [-0.39, 0.29) is 29.5 Å². The highest BCUT2D eigenvalue weighted by Gasteiger charge is 2.13. The molecule has 0 aliphatic carbocycles. The van der Waals surface area contributed by atoms with Crippen molar-refractivity contribution >= 4 is 40.2 Å². The molecular weight excluding hydrogens is 508 g/mol. The molecule has 1 aromatic heterocycles. The number of hydrogen-bond donors (Lipinski definition) is 0. The molecule has 4 aromatic rings. The van der Waals surface area contributed by atoms with Gasteiger partial charge in [0, 0.05) is 23.2 Å². The molecule has 0 bridgehead atoms. The Labute approximate surface area is 203 Å². The van der Waals surface area contributed by atoms with Crippen molar-refractivity contribution in [3.8, 4) is 28.4 Å². The summed E-state index contributed by atoms with van der Waals surface area (Å²) in [6, 6.07) is 21.8. The number of fused-ring (bicyclic) bond motifs is 1. The highest BCUT2D eigenvalue weighted by atomic mass is 79.9. The number of para-hydroxylation sites is 1. The van der Waals surface area contributed by atoms with Gasteiger partial charge in [-0.05, 0) is 53.6 Å². The van der Waals surface area contributed by atoms with Crippen molar-refractivity contribution in [3.63, 3.8) is 0 Å². The van der Waals surface area contributed by atoms with Crippen LogP contribution in [0.4, 0.5) is 5.69 Å². The Bertz CT molecular complexity index is 1380. The van der Waals surface area contributed by atoms with Gasteiger partial charge in [0.05, 0.1) is 16.8 Å². The van der Waals surface area contributed by atoms with Crippen LogP contribution < -0.4 is 14.3 Å². The molecule has 0 saturated heterocycles. The van der Waals surface area contributed by atoms with E-state index < -0.39 is 4.92 Å². The van der Waals surface area contributed by atoms with Crippen LogP contribution in [0.15, 0.2) is 88.4 Å².